The van der Waals surface area contributed by atoms with Gasteiger partial charge in [-0.1, -0.05) is 13.0 Å². The van der Waals surface area contributed by atoms with Crippen LogP contribution in [0.3, 0.4) is 0 Å². The number of piperidine rings is 2. The Bertz CT molecular complexity index is 900. The van der Waals surface area contributed by atoms with Crippen molar-refractivity contribution in [2.45, 2.75) is 52.5 Å². The van der Waals surface area contributed by atoms with Crippen LogP contribution in [0.25, 0.3) is 0 Å². The number of amides is 1. The molecule has 0 radical (unpaired) electrons. The smallest absolute Gasteiger partial charge is 0.220 e. The van der Waals surface area contributed by atoms with Gasteiger partial charge in [0.2, 0.25) is 5.91 Å². The van der Waals surface area contributed by atoms with Gasteiger partial charge >= 0.3 is 0 Å². The average Bonchev–Trinajstić information content (AvgIpc) is 2.74. The first kappa shape index (κ1) is 24.0. The average molecular weight is 436 g/mol. The molecule has 3 rings (SSSR count). The van der Waals surface area contributed by atoms with Crippen molar-refractivity contribution in [3.63, 3.8) is 0 Å². The molecule has 2 saturated heterocycles. The van der Waals surface area contributed by atoms with Gasteiger partial charge in [-0.2, -0.15) is 5.26 Å². The fourth-order valence-electron chi connectivity index (χ4n) is 5.13. The van der Waals surface area contributed by atoms with Crippen molar-refractivity contribution < 1.29 is 4.79 Å². The number of hydrogen-bond donors (Lipinski definition) is 1. The van der Waals surface area contributed by atoms with Gasteiger partial charge in [-0.25, -0.2) is 0 Å². The standard InChI is InChI=1S/C26H37N5O/c1-5-6-11-28-26-20(3)24(10-9-22(26)15-27)31-16-19(2)13-23(18-31)29-25(32)14-21-8-7-12-30(4)17-21/h5-6,9-11,19,21,23H,7-8,12-14,16-18H2,1-4H3,(H,29,32)/b6-5+,28-11-/t19-,21?,23+/m0/s1. The highest BCUT2D eigenvalue weighted by molar-refractivity contribution is 5.79. The van der Waals surface area contributed by atoms with Crippen LogP contribution in [0.1, 0.15) is 50.7 Å². The molecule has 0 aliphatic carbocycles. The van der Waals surface area contributed by atoms with Gasteiger partial charge in [0.15, 0.2) is 0 Å². The molecule has 1 amide bonds. The van der Waals surface area contributed by atoms with Gasteiger partial charge < -0.3 is 15.1 Å². The number of hydrogen-bond acceptors (Lipinski definition) is 5. The maximum absolute atomic E-state index is 12.8. The van der Waals surface area contributed by atoms with Crippen molar-refractivity contribution in [3.8, 4) is 6.07 Å². The maximum Gasteiger partial charge on any atom is 0.220 e. The summed E-state index contributed by atoms with van der Waals surface area (Å²) in [5.41, 5.74) is 3.41. The predicted molar refractivity (Wildman–Crippen MR) is 132 cm³/mol. The molecule has 172 valence electrons. The molecule has 2 heterocycles. The lowest BCUT2D eigenvalue weighted by Crippen LogP contribution is -2.51. The number of nitrogens with one attached hydrogen (secondary N) is 1. The van der Waals surface area contributed by atoms with E-state index >= 15 is 0 Å². The van der Waals surface area contributed by atoms with Crippen molar-refractivity contribution in [2.24, 2.45) is 16.8 Å². The second-order valence-corrected chi connectivity index (χ2v) is 9.51. The van der Waals surface area contributed by atoms with Gasteiger partial charge in [0.05, 0.1) is 11.3 Å². The van der Waals surface area contributed by atoms with E-state index in [4.69, 9.17) is 0 Å². The molecule has 1 aromatic carbocycles. The van der Waals surface area contributed by atoms with E-state index in [1.54, 1.807) is 6.21 Å². The van der Waals surface area contributed by atoms with Crippen LogP contribution in [-0.2, 0) is 4.79 Å². The third-order valence-corrected chi connectivity index (χ3v) is 6.57. The minimum Gasteiger partial charge on any atom is -0.369 e. The van der Waals surface area contributed by atoms with Crippen LogP contribution in [0.2, 0.25) is 0 Å². The first-order valence-electron chi connectivity index (χ1n) is 11.8. The Hall–Kier alpha value is -2.65. The summed E-state index contributed by atoms with van der Waals surface area (Å²) in [6.45, 7) is 10.1. The third kappa shape index (κ3) is 6.20. The van der Waals surface area contributed by atoms with Gasteiger partial charge in [-0.05, 0) is 82.3 Å². The number of allylic oxidation sites excluding steroid dienone is 2. The molecule has 2 aliphatic heterocycles. The highest BCUT2D eigenvalue weighted by Gasteiger charge is 2.28. The van der Waals surface area contributed by atoms with E-state index in [0.717, 1.165) is 56.0 Å². The number of nitrogens with zero attached hydrogens (tertiary/aromatic N) is 4. The summed E-state index contributed by atoms with van der Waals surface area (Å²) < 4.78 is 0. The largest absolute Gasteiger partial charge is 0.369 e. The summed E-state index contributed by atoms with van der Waals surface area (Å²) in [4.78, 5) is 22.0. The lowest BCUT2D eigenvalue weighted by molar-refractivity contribution is -0.123. The van der Waals surface area contributed by atoms with Crippen LogP contribution in [-0.4, -0.2) is 56.3 Å². The third-order valence-electron chi connectivity index (χ3n) is 6.57. The fraction of sp³-hybridized carbons (Fsp3) is 0.577. The first-order valence-corrected chi connectivity index (χ1v) is 11.8. The van der Waals surface area contributed by atoms with E-state index in [0.29, 0.717) is 23.8 Å². The van der Waals surface area contributed by atoms with E-state index in [1.165, 1.54) is 6.42 Å². The number of nitriles is 1. The number of anilines is 1. The molecule has 6 heteroatoms. The minimum absolute atomic E-state index is 0.137. The van der Waals surface area contributed by atoms with Gasteiger partial charge in [0.1, 0.15) is 6.07 Å². The van der Waals surface area contributed by atoms with E-state index < -0.39 is 0 Å². The second-order valence-electron chi connectivity index (χ2n) is 9.51. The van der Waals surface area contributed by atoms with Gasteiger partial charge in [-0.3, -0.25) is 9.79 Å². The van der Waals surface area contributed by atoms with Crippen LogP contribution in [0.5, 0.6) is 0 Å². The zero-order valence-electron chi connectivity index (χ0n) is 20.0. The fourth-order valence-corrected chi connectivity index (χ4v) is 5.13. The summed E-state index contributed by atoms with van der Waals surface area (Å²) in [6, 6.07) is 6.28. The van der Waals surface area contributed by atoms with Crippen LogP contribution < -0.4 is 10.2 Å². The van der Waals surface area contributed by atoms with Crippen molar-refractivity contribution in [1.82, 2.24) is 10.2 Å². The maximum atomic E-state index is 12.8. The van der Waals surface area contributed by atoms with Crippen LogP contribution in [0.15, 0.2) is 29.3 Å². The molecule has 1 aromatic rings. The minimum atomic E-state index is 0.137. The number of benzene rings is 1. The van der Waals surface area contributed by atoms with E-state index in [2.05, 4.69) is 40.1 Å². The lowest BCUT2D eigenvalue weighted by Gasteiger charge is -2.39. The SMILES string of the molecule is C/C=C/C=N\c1c(C#N)ccc(N2C[C@@H](C)C[C@@H](NC(=O)CC3CCCN(C)C3)C2)c1C. The number of rotatable bonds is 6. The predicted octanol–water partition coefficient (Wildman–Crippen LogP) is 4.21. The van der Waals surface area contributed by atoms with Gasteiger partial charge in [-0.15, -0.1) is 0 Å². The van der Waals surface area contributed by atoms with Crippen LogP contribution in [0.4, 0.5) is 11.4 Å². The normalized spacial score (nSPS) is 24.7. The zero-order valence-corrected chi connectivity index (χ0v) is 20.0. The number of carbonyl (C=O) groups excluding carboxylic acids is 1. The molecule has 1 unspecified atom stereocenters. The lowest BCUT2D eigenvalue weighted by atomic mass is 9.92. The van der Waals surface area contributed by atoms with Crippen molar-refractivity contribution in [2.75, 3.05) is 38.1 Å². The monoisotopic (exact) mass is 435 g/mol. The Balaban J connectivity index is 1.71. The summed E-state index contributed by atoms with van der Waals surface area (Å²) in [5, 5.41) is 12.8. The number of carbonyl (C=O) groups is 1. The summed E-state index contributed by atoms with van der Waals surface area (Å²) in [7, 11) is 2.14. The van der Waals surface area contributed by atoms with Gasteiger partial charge in [0, 0.05) is 44.0 Å². The molecule has 0 bridgehead atoms. The van der Waals surface area contributed by atoms with Crippen LogP contribution in [0, 0.1) is 30.1 Å². The number of likely N-dealkylation sites (tertiary alicyclic amines) is 1. The molecule has 3 atom stereocenters. The Kier molecular flexibility index (Phi) is 8.46. The van der Waals surface area contributed by atoms with Crippen molar-refractivity contribution in [1.29, 1.82) is 5.26 Å². The molecule has 2 fully saturated rings. The quantitative estimate of drug-likeness (QED) is 0.680. The Morgan fingerprint density at radius 1 is 1.34 bits per heavy atom. The molecule has 2 aliphatic rings. The number of aliphatic imine (C=N–C) groups is 1. The topological polar surface area (TPSA) is 71.7 Å². The summed E-state index contributed by atoms with van der Waals surface area (Å²) in [6.07, 6.45) is 9.46. The summed E-state index contributed by atoms with van der Waals surface area (Å²) >= 11 is 0. The Morgan fingerprint density at radius 3 is 2.88 bits per heavy atom. The first-order chi connectivity index (χ1) is 15.4. The zero-order chi connectivity index (χ0) is 23.1. The molecular formula is C26H37N5O. The molecular weight excluding hydrogens is 398 g/mol. The van der Waals surface area contributed by atoms with Gasteiger partial charge in [0.25, 0.3) is 0 Å². The Morgan fingerprint density at radius 2 is 2.16 bits per heavy atom. The van der Waals surface area contributed by atoms with E-state index in [9.17, 15) is 10.1 Å². The molecule has 0 spiro atoms. The molecule has 32 heavy (non-hydrogen) atoms. The highest BCUT2D eigenvalue weighted by Crippen LogP contribution is 2.34. The van der Waals surface area contributed by atoms with Crippen LogP contribution >= 0.6 is 0 Å². The summed E-state index contributed by atoms with van der Waals surface area (Å²) in [5.74, 6) is 1.11. The second kappa shape index (κ2) is 11.3. The molecule has 6 nitrogen and oxygen atoms in total. The Labute approximate surface area is 193 Å². The molecule has 0 aromatic heterocycles. The van der Waals surface area contributed by atoms with E-state index in [-0.39, 0.29) is 11.9 Å². The van der Waals surface area contributed by atoms with Crippen molar-refractivity contribution >= 4 is 23.5 Å². The highest BCUT2D eigenvalue weighted by atomic mass is 16.1. The molecule has 0 saturated carbocycles. The van der Waals surface area contributed by atoms with Crippen molar-refractivity contribution in [3.05, 3.63) is 35.4 Å². The van der Waals surface area contributed by atoms with E-state index in [1.807, 2.05) is 38.1 Å². The molecule has 1 N–H and O–H groups in total.